The van der Waals surface area contributed by atoms with Crippen molar-refractivity contribution >= 4 is 15.9 Å². The van der Waals surface area contributed by atoms with Crippen molar-refractivity contribution in [3.8, 4) is 0 Å². The number of benzene rings is 1. The molecule has 0 aliphatic carbocycles. The van der Waals surface area contributed by atoms with E-state index in [4.69, 9.17) is 0 Å². The smallest absolute Gasteiger partial charge is 0.124 e. The molecule has 1 atom stereocenters. The van der Waals surface area contributed by atoms with Crippen LogP contribution in [-0.4, -0.2) is 31.1 Å². The zero-order chi connectivity index (χ0) is 11.7. The minimum absolute atomic E-state index is 0.198. The summed E-state index contributed by atoms with van der Waals surface area (Å²) in [5, 5.41) is 3.26. The molecule has 0 spiro atoms. The van der Waals surface area contributed by atoms with Crippen LogP contribution in [0.25, 0.3) is 0 Å². The fourth-order valence-corrected chi connectivity index (χ4v) is 2.62. The van der Waals surface area contributed by atoms with Gasteiger partial charge in [0.05, 0.1) is 0 Å². The highest BCUT2D eigenvalue weighted by Crippen LogP contribution is 2.29. The maximum absolute atomic E-state index is 13.0. The van der Waals surface area contributed by atoms with Crippen LogP contribution in [0.15, 0.2) is 22.7 Å². The van der Waals surface area contributed by atoms with Gasteiger partial charge in [0.1, 0.15) is 5.82 Å². The Labute approximate surface area is 104 Å². The van der Waals surface area contributed by atoms with Crippen molar-refractivity contribution < 1.29 is 4.39 Å². The third-order valence-electron chi connectivity index (χ3n) is 3.36. The van der Waals surface area contributed by atoms with Crippen LogP contribution in [0.2, 0.25) is 0 Å². The average molecular weight is 287 g/mol. The van der Waals surface area contributed by atoms with E-state index in [9.17, 15) is 4.39 Å². The third-order valence-corrected chi connectivity index (χ3v) is 4.05. The van der Waals surface area contributed by atoms with Gasteiger partial charge in [-0.3, -0.25) is 4.90 Å². The number of hydrogen-bond acceptors (Lipinski definition) is 2. The molecule has 2 nitrogen and oxygen atoms in total. The number of halogens is 2. The molecule has 1 fully saturated rings. The second-order valence-corrected chi connectivity index (χ2v) is 5.17. The first-order valence-corrected chi connectivity index (χ1v) is 6.26. The molecule has 1 N–H and O–H groups in total. The van der Waals surface area contributed by atoms with Gasteiger partial charge in [-0.15, -0.1) is 0 Å². The van der Waals surface area contributed by atoms with E-state index in [0.717, 1.165) is 23.1 Å². The lowest BCUT2D eigenvalue weighted by molar-refractivity contribution is 0.136. The van der Waals surface area contributed by atoms with Gasteiger partial charge in [-0.2, -0.15) is 0 Å². The fraction of sp³-hybridized carbons (Fsp3) is 0.500. The molecule has 4 heteroatoms. The van der Waals surface area contributed by atoms with Crippen molar-refractivity contribution in [2.75, 3.05) is 20.1 Å². The third kappa shape index (κ3) is 2.29. The first-order chi connectivity index (χ1) is 7.59. The molecule has 1 saturated heterocycles. The van der Waals surface area contributed by atoms with Crippen molar-refractivity contribution in [3.63, 3.8) is 0 Å². The Bertz CT molecular complexity index is 379. The Morgan fingerprint density at radius 3 is 2.69 bits per heavy atom. The second kappa shape index (κ2) is 4.82. The van der Waals surface area contributed by atoms with Crippen LogP contribution in [-0.2, 0) is 0 Å². The van der Waals surface area contributed by atoms with Gasteiger partial charge in [0, 0.05) is 29.6 Å². The predicted octanol–water partition coefficient (Wildman–Crippen LogP) is 2.55. The molecule has 1 aliphatic heterocycles. The maximum Gasteiger partial charge on any atom is 0.124 e. The topological polar surface area (TPSA) is 15.3 Å². The number of hydrogen-bond donors (Lipinski definition) is 1. The van der Waals surface area contributed by atoms with Gasteiger partial charge in [-0.05, 0) is 31.7 Å². The summed E-state index contributed by atoms with van der Waals surface area (Å²) in [6.07, 6.45) is 0. The fourth-order valence-electron chi connectivity index (χ4n) is 1.94. The van der Waals surface area contributed by atoms with Crippen molar-refractivity contribution in [3.05, 3.63) is 34.1 Å². The van der Waals surface area contributed by atoms with Crippen LogP contribution in [0.5, 0.6) is 0 Å². The van der Waals surface area contributed by atoms with Crippen LogP contribution < -0.4 is 5.32 Å². The van der Waals surface area contributed by atoms with Crippen LogP contribution in [0.1, 0.15) is 18.5 Å². The molecule has 1 aromatic carbocycles. The van der Waals surface area contributed by atoms with E-state index >= 15 is 0 Å². The summed E-state index contributed by atoms with van der Waals surface area (Å²) in [4.78, 5) is 2.33. The molecule has 1 aliphatic rings. The van der Waals surface area contributed by atoms with Gasteiger partial charge >= 0.3 is 0 Å². The van der Waals surface area contributed by atoms with Crippen LogP contribution in [0.4, 0.5) is 4.39 Å². The molecule has 0 saturated carbocycles. The molecular formula is C12H16BrFN2. The van der Waals surface area contributed by atoms with Crippen molar-refractivity contribution in [1.82, 2.24) is 10.2 Å². The van der Waals surface area contributed by atoms with Gasteiger partial charge in [-0.25, -0.2) is 4.39 Å². The molecule has 0 amide bonds. The van der Waals surface area contributed by atoms with Gasteiger partial charge in [-0.1, -0.05) is 22.0 Å². The van der Waals surface area contributed by atoms with Gasteiger partial charge in [0.2, 0.25) is 0 Å². The molecule has 0 bridgehead atoms. The van der Waals surface area contributed by atoms with E-state index in [2.05, 4.69) is 40.1 Å². The molecular weight excluding hydrogens is 271 g/mol. The van der Waals surface area contributed by atoms with E-state index in [-0.39, 0.29) is 5.82 Å². The highest BCUT2D eigenvalue weighted by Gasteiger charge is 2.26. The minimum Gasteiger partial charge on any atom is -0.314 e. The van der Waals surface area contributed by atoms with Crippen molar-refractivity contribution in [1.29, 1.82) is 0 Å². The van der Waals surface area contributed by atoms with Gasteiger partial charge in [0.25, 0.3) is 0 Å². The van der Waals surface area contributed by atoms with Crippen LogP contribution in [0.3, 0.4) is 0 Å². The lowest BCUT2D eigenvalue weighted by Crippen LogP contribution is -2.56. The molecule has 0 radical (unpaired) electrons. The summed E-state index contributed by atoms with van der Waals surface area (Å²) in [5.41, 5.74) is 1.14. The molecule has 2 rings (SSSR count). The Kier molecular flexibility index (Phi) is 3.62. The number of rotatable bonds is 3. The maximum atomic E-state index is 13.0. The average Bonchev–Trinajstić information content (AvgIpc) is 2.14. The second-order valence-electron chi connectivity index (χ2n) is 4.32. The Hall–Kier alpha value is -0.450. The van der Waals surface area contributed by atoms with E-state index in [1.807, 2.05) is 6.07 Å². The molecule has 16 heavy (non-hydrogen) atoms. The standard InChI is InChI=1S/C12H16BrFN2/c1-8(16(2)10-6-15-7-10)11-4-3-9(14)5-12(11)13/h3-5,8,10,15H,6-7H2,1-2H3. The lowest BCUT2D eigenvalue weighted by atomic mass is 10.0. The predicted molar refractivity (Wildman–Crippen MR) is 66.9 cm³/mol. The molecule has 1 heterocycles. The summed E-state index contributed by atoms with van der Waals surface area (Å²) < 4.78 is 13.8. The molecule has 0 aromatic heterocycles. The zero-order valence-corrected chi connectivity index (χ0v) is 11.1. The summed E-state index contributed by atoms with van der Waals surface area (Å²) in [5.74, 6) is -0.198. The van der Waals surface area contributed by atoms with E-state index < -0.39 is 0 Å². The molecule has 1 aromatic rings. The quantitative estimate of drug-likeness (QED) is 0.919. The monoisotopic (exact) mass is 286 g/mol. The Morgan fingerprint density at radius 1 is 1.50 bits per heavy atom. The largest absolute Gasteiger partial charge is 0.314 e. The SMILES string of the molecule is CC(c1ccc(F)cc1Br)N(C)C1CNC1. The van der Waals surface area contributed by atoms with E-state index in [1.165, 1.54) is 12.1 Å². The summed E-state index contributed by atoms with van der Waals surface area (Å²) in [6, 6.07) is 5.78. The number of nitrogens with one attached hydrogen (secondary N) is 1. The van der Waals surface area contributed by atoms with E-state index in [1.54, 1.807) is 0 Å². The highest BCUT2D eigenvalue weighted by molar-refractivity contribution is 9.10. The zero-order valence-electron chi connectivity index (χ0n) is 9.50. The van der Waals surface area contributed by atoms with Crippen molar-refractivity contribution in [2.45, 2.75) is 19.0 Å². The van der Waals surface area contributed by atoms with Gasteiger partial charge in [0.15, 0.2) is 0 Å². The minimum atomic E-state index is -0.198. The Morgan fingerprint density at radius 2 is 2.19 bits per heavy atom. The van der Waals surface area contributed by atoms with Gasteiger partial charge < -0.3 is 5.32 Å². The summed E-state index contributed by atoms with van der Waals surface area (Å²) >= 11 is 3.42. The number of nitrogens with zero attached hydrogens (tertiary/aromatic N) is 1. The van der Waals surface area contributed by atoms with E-state index in [0.29, 0.717) is 12.1 Å². The normalized spacial score (nSPS) is 18.6. The Balaban J connectivity index is 2.15. The first kappa shape index (κ1) is 12.0. The summed E-state index contributed by atoms with van der Waals surface area (Å²) in [6.45, 7) is 4.23. The molecule has 88 valence electrons. The lowest BCUT2D eigenvalue weighted by Gasteiger charge is -2.39. The number of likely N-dealkylation sites (N-methyl/N-ethyl adjacent to an activating group) is 1. The molecule has 1 unspecified atom stereocenters. The van der Waals surface area contributed by atoms with Crippen molar-refractivity contribution in [2.24, 2.45) is 0 Å². The highest BCUT2D eigenvalue weighted by atomic mass is 79.9. The van der Waals surface area contributed by atoms with Crippen LogP contribution >= 0.6 is 15.9 Å². The van der Waals surface area contributed by atoms with Crippen LogP contribution in [0, 0.1) is 5.82 Å². The summed E-state index contributed by atoms with van der Waals surface area (Å²) in [7, 11) is 2.12. The first-order valence-electron chi connectivity index (χ1n) is 5.47.